The summed E-state index contributed by atoms with van der Waals surface area (Å²) in [5.74, 6) is 4.56. The molecule has 1 aliphatic heterocycles. The van der Waals surface area contributed by atoms with Gasteiger partial charge in [0.2, 0.25) is 5.95 Å². The summed E-state index contributed by atoms with van der Waals surface area (Å²) < 4.78 is 5.53. The molecule has 0 aromatic carbocycles. The van der Waals surface area contributed by atoms with Crippen LogP contribution in [-0.4, -0.2) is 28.2 Å². The molecule has 2 aromatic heterocycles. The number of hydrogen-bond acceptors (Lipinski definition) is 5. The Bertz CT molecular complexity index is 765. The standard InChI is InChI=1S/C19H27N5OS/c1-12-7-13(2)11-24(10-12)17-8-14(3)21-18(22-17)23-19(26)20-9-16-6-5-15(4)25-16/h5-6,8,12-13H,7,9-11H2,1-4H3,(H2,20,21,22,23,26). The molecule has 2 N–H and O–H groups in total. The molecule has 1 fully saturated rings. The topological polar surface area (TPSA) is 66.2 Å². The van der Waals surface area contributed by atoms with Gasteiger partial charge < -0.3 is 20.0 Å². The van der Waals surface area contributed by atoms with Gasteiger partial charge in [-0.25, -0.2) is 4.98 Å². The van der Waals surface area contributed by atoms with Gasteiger partial charge in [0.05, 0.1) is 6.54 Å². The minimum absolute atomic E-state index is 0.482. The third kappa shape index (κ3) is 4.94. The van der Waals surface area contributed by atoms with Crippen molar-refractivity contribution in [2.75, 3.05) is 23.3 Å². The van der Waals surface area contributed by atoms with Crippen molar-refractivity contribution in [1.82, 2.24) is 15.3 Å². The largest absolute Gasteiger partial charge is 0.465 e. The average molecular weight is 374 g/mol. The van der Waals surface area contributed by atoms with E-state index in [0.29, 0.717) is 29.4 Å². The summed E-state index contributed by atoms with van der Waals surface area (Å²) in [7, 11) is 0. The third-order valence-corrected chi connectivity index (χ3v) is 4.72. The van der Waals surface area contributed by atoms with Gasteiger partial charge in [0.25, 0.3) is 0 Å². The number of nitrogens with one attached hydrogen (secondary N) is 2. The second kappa shape index (κ2) is 8.03. The Kier molecular flexibility index (Phi) is 5.76. The Morgan fingerprint density at radius 3 is 2.62 bits per heavy atom. The van der Waals surface area contributed by atoms with E-state index < -0.39 is 0 Å². The number of anilines is 2. The van der Waals surface area contributed by atoms with Crippen LogP contribution in [0.15, 0.2) is 22.6 Å². The molecule has 3 rings (SSSR count). The maximum absolute atomic E-state index is 5.53. The highest BCUT2D eigenvalue weighted by Crippen LogP contribution is 2.26. The fourth-order valence-corrected chi connectivity index (χ4v) is 3.68. The molecule has 3 heterocycles. The summed E-state index contributed by atoms with van der Waals surface area (Å²) in [5, 5.41) is 6.70. The molecule has 2 unspecified atom stereocenters. The lowest BCUT2D eigenvalue weighted by Gasteiger charge is -2.36. The Morgan fingerprint density at radius 1 is 1.23 bits per heavy atom. The highest BCUT2D eigenvalue weighted by Gasteiger charge is 2.23. The highest BCUT2D eigenvalue weighted by atomic mass is 32.1. The van der Waals surface area contributed by atoms with Gasteiger partial charge in [-0.05, 0) is 56.5 Å². The number of thiocarbonyl (C=S) groups is 1. The minimum Gasteiger partial charge on any atom is -0.465 e. The molecule has 26 heavy (non-hydrogen) atoms. The number of aryl methyl sites for hydroxylation is 2. The Morgan fingerprint density at radius 2 is 1.96 bits per heavy atom. The molecule has 2 aromatic rings. The van der Waals surface area contributed by atoms with Crippen LogP contribution in [-0.2, 0) is 6.54 Å². The van der Waals surface area contributed by atoms with E-state index in [1.54, 1.807) is 0 Å². The van der Waals surface area contributed by atoms with Crippen molar-refractivity contribution in [2.45, 2.75) is 40.7 Å². The number of aromatic nitrogens is 2. The van der Waals surface area contributed by atoms with Crippen molar-refractivity contribution >= 4 is 29.1 Å². The van der Waals surface area contributed by atoms with Gasteiger partial charge in [0.1, 0.15) is 17.3 Å². The second-order valence-electron chi connectivity index (χ2n) is 7.36. The number of nitrogens with zero attached hydrogens (tertiary/aromatic N) is 3. The van der Waals surface area contributed by atoms with E-state index >= 15 is 0 Å². The normalized spacial score (nSPS) is 20.1. The Hall–Kier alpha value is -2.15. The molecular formula is C19H27N5OS. The number of rotatable bonds is 4. The molecule has 7 heteroatoms. The van der Waals surface area contributed by atoms with Crippen LogP contribution in [0.5, 0.6) is 0 Å². The maximum atomic E-state index is 5.53. The van der Waals surface area contributed by atoms with E-state index in [1.165, 1.54) is 6.42 Å². The predicted molar refractivity (Wildman–Crippen MR) is 108 cm³/mol. The zero-order valence-electron chi connectivity index (χ0n) is 15.9. The first-order valence-corrected chi connectivity index (χ1v) is 9.50. The lowest BCUT2D eigenvalue weighted by molar-refractivity contribution is 0.355. The molecule has 0 spiro atoms. The van der Waals surface area contributed by atoms with Crippen LogP contribution in [0, 0.1) is 25.7 Å². The van der Waals surface area contributed by atoms with Crippen LogP contribution < -0.4 is 15.5 Å². The molecule has 0 saturated carbocycles. The van der Waals surface area contributed by atoms with E-state index in [0.717, 1.165) is 36.1 Å². The summed E-state index contributed by atoms with van der Waals surface area (Å²) in [5.41, 5.74) is 0.924. The molecule has 1 aliphatic rings. The van der Waals surface area contributed by atoms with E-state index in [9.17, 15) is 0 Å². The predicted octanol–water partition coefficient (Wildman–Crippen LogP) is 3.66. The molecular weight excluding hydrogens is 346 g/mol. The Balaban J connectivity index is 1.64. The van der Waals surface area contributed by atoms with Gasteiger partial charge in [0, 0.05) is 24.8 Å². The molecule has 140 valence electrons. The molecule has 2 atom stereocenters. The fourth-order valence-electron chi connectivity index (χ4n) is 3.51. The van der Waals surface area contributed by atoms with Crippen molar-refractivity contribution < 1.29 is 4.42 Å². The first kappa shape index (κ1) is 18.6. The lowest BCUT2D eigenvalue weighted by atomic mass is 9.92. The van der Waals surface area contributed by atoms with Crippen LogP contribution in [0.2, 0.25) is 0 Å². The number of hydrogen-bond donors (Lipinski definition) is 2. The van der Waals surface area contributed by atoms with Gasteiger partial charge >= 0.3 is 0 Å². The van der Waals surface area contributed by atoms with Gasteiger partial charge in [-0.3, -0.25) is 0 Å². The highest BCUT2D eigenvalue weighted by molar-refractivity contribution is 7.80. The van der Waals surface area contributed by atoms with Crippen LogP contribution in [0.3, 0.4) is 0 Å². The Labute approximate surface area is 160 Å². The van der Waals surface area contributed by atoms with Crippen molar-refractivity contribution in [1.29, 1.82) is 0 Å². The zero-order valence-corrected chi connectivity index (χ0v) is 16.7. The first-order chi connectivity index (χ1) is 12.4. The summed E-state index contributed by atoms with van der Waals surface area (Å²) in [6.07, 6.45) is 1.27. The molecule has 0 aliphatic carbocycles. The van der Waals surface area contributed by atoms with Crippen LogP contribution in [0.4, 0.5) is 11.8 Å². The van der Waals surface area contributed by atoms with Gasteiger partial charge in [-0.15, -0.1) is 0 Å². The lowest BCUT2D eigenvalue weighted by Crippen LogP contribution is -2.39. The summed E-state index contributed by atoms with van der Waals surface area (Å²) in [6.45, 7) is 11.1. The van der Waals surface area contributed by atoms with E-state index in [2.05, 4.69) is 39.3 Å². The van der Waals surface area contributed by atoms with Crippen LogP contribution in [0.1, 0.15) is 37.5 Å². The quantitative estimate of drug-likeness (QED) is 0.793. The van der Waals surface area contributed by atoms with E-state index in [4.69, 9.17) is 16.6 Å². The molecule has 0 bridgehead atoms. The fraction of sp³-hybridized carbons (Fsp3) is 0.526. The SMILES string of the molecule is Cc1cc(N2CC(C)CC(C)C2)nc(NC(=S)NCc2ccc(C)o2)n1. The van der Waals surface area contributed by atoms with Crippen LogP contribution in [0.25, 0.3) is 0 Å². The molecule has 1 saturated heterocycles. The average Bonchev–Trinajstić information content (AvgIpc) is 2.97. The summed E-state index contributed by atoms with van der Waals surface area (Å²) in [4.78, 5) is 11.5. The summed E-state index contributed by atoms with van der Waals surface area (Å²) >= 11 is 5.36. The maximum Gasteiger partial charge on any atom is 0.231 e. The molecule has 0 amide bonds. The van der Waals surface area contributed by atoms with Gasteiger partial charge in [-0.1, -0.05) is 13.8 Å². The van der Waals surface area contributed by atoms with E-state index in [1.807, 2.05) is 32.0 Å². The smallest absolute Gasteiger partial charge is 0.231 e. The minimum atomic E-state index is 0.482. The number of piperidine rings is 1. The number of furan rings is 1. The molecule has 6 nitrogen and oxygen atoms in total. The molecule has 0 radical (unpaired) electrons. The van der Waals surface area contributed by atoms with Crippen molar-refractivity contribution in [3.8, 4) is 0 Å². The zero-order chi connectivity index (χ0) is 18.7. The van der Waals surface area contributed by atoms with Crippen molar-refractivity contribution in [3.63, 3.8) is 0 Å². The first-order valence-electron chi connectivity index (χ1n) is 9.10. The van der Waals surface area contributed by atoms with E-state index in [-0.39, 0.29) is 0 Å². The summed E-state index contributed by atoms with van der Waals surface area (Å²) in [6, 6.07) is 5.91. The van der Waals surface area contributed by atoms with Crippen molar-refractivity contribution in [2.24, 2.45) is 11.8 Å². The van der Waals surface area contributed by atoms with Gasteiger partial charge in [0.15, 0.2) is 5.11 Å². The second-order valence-corrected chi connectivity index (χ2v) is 7.77. The van der Waals surface area contributed by atoms with Crippen LogP contribution >= 0.6 is 12.2 Å². The van der Waals surface area contributed by atoms with Crippen molar-refractivity contribution in [3.05, 3.63) is 35.4 Å². The third-order valence-electron chi connectivity index (χ3n) is 4.48. The van der Waals surface area contributed by atoms with Gasteiger partial charge in [-0.2, -0.15) is 4.98 Å². The monoisotopic (exact) mass is 373 g/mol.